The van der Waals surface area contributed by atoms with E-state index >= 15 is 0 Å². The highest BCUT2D eigenvalue weighted by Gasteiger charge is 2.32. The van der Waals surface area contributed by atoms with E-state index in [0.717, 1.165) is 11.3 Å². The maximum absolute atomic E-state index is 12.8. The summed E-state index contributed by atoms with van der Waals surface area (Å²) < 4.78 is 5.72. The highest BCUT2D eigenvalue weighted by molar-refractivity contribution is 8.18. The smallest absolute Gasteiger partial charge is 0.335 e. The summed E-state index contributed by atoms with van der Waals surface area (Å²) in [5.41, 5.74) is 1.67. The molecule has 150 valence electrons. The highest BCUT2D eigenvalue weighted by Crippen LogP contribution is 2.34. The monoisotopic (exact) mass is 410 g/mol. The number of carbonyl (C=O) groups excluding carboxylic acids is 1. The molecule has 7 heteroatoms. The predicted octanol–water partition coefficient (Wildman–Crippen LogP) is 4.80. The molecule has 0 unspecified atom stereocenters. The Morgan fingerprint density at radius 1 is 1.24 bits per heavy atom. The largest absolute Gasteiger partial charge is 0.491 e. The van der Waals surface area contributed by atoms with Crippen LogP contribution in [0, 0.1) is 0 Å². The molecule has 2 aromatic rings. The Morgan fingerprint density at radius 3 is 2.59 bits per heavy atom. The number of likely N-dealkylation sites (N-methyl/N-ethyl adjacent to an activating group) is 1. The zero-order valence-corrected chi connectivity index (χ0v) is 17.3. The Kier molecular flexibility index (Phi) is 6.39. The molecule has 6 nitrogen and oxygen atoms in total. The molecular weight excluding hydrogens is 388 g/mol. The molecule has 1 amide bonds. The summed E-state index contributed by atoms with van der Waals surface area (Å²) in [6, 6.07) is 13.9. The molecule has 1 heterocycles. The fourth-order valence-corrected chi connectivity index (χ4v) is 3.82. The van der Waals surface area contributed by atoms with Gasteiger partial charge in [-0.3, -0.25) is 9.69 Å². The van der Waals surface area contributed by atoms with Gasteiger partial charge in [0.25, 0.3) is 5.91 Å². The molecule has 1 N–H and O–H groups in total. The van der Waals surface area contributed by atoms with Crippen molar-refractivity contribution in [2.24, 2.45) is 4.99 Å². The van der Waals surface area contributed by atoms with E-state index in [9.17, 15) is 9.59 Å². The van der Waals surface area contributed by atoms with Crippen molar-refractivity contribution in [1.29, 1.82) is 0 Å². The van der Waals surface area contributed by atoms with Crippen LogP contribution in [0.2, 0.25) is 0 Å². The van der Waals surface area contributed by atoms with E-state index in [4.69, 9.17) is 9.84 Å². The number of carbonyl (C=O) groups is 2. The van der Waals surface area contributed by atoms with Crippen LogP contribution >= 0.6 is 11.8 Å². The Balaban J connectivity index is 1.87. The fraction of sp³-hybridized carbons (Fsp3) is 0.227. The molecule has 1 saturated heterocycles. The summed E-state index contributed by atoms with van der Waals surface area (Å²) >= 11 is 1.30. The lowest BCUT2D eigenvalue weighted by atomic mass is 10.2. The van der Waals surface area contributed by atoms with E-state index in [0.29, 0.717) is 22.3 Å². The first kappa shape index (κ1) is 20.7. The van der Waals surface area contributed by atoms with Crippen molar-refractivity contribution in [2.45, 2.75) is 26.9 Å². The summed E-state index contributed by atoms with van der Waals surface area (Å²) in [6.45, 7) is 6.31. The van der Waals surface area contributed by atoms with Gasteiger partial charge in [-0.1, -0.05) is 12.1 Å². The third-order valence-electron chi connectivity index (χ3n) is 4.07. The quantitative estimate of drug-likeness (QED) is 0.692. The van der Waals surface area contributed by atoms with Crippen molar-refractivity contribution in [3.8, 4) is 5.75 Å². The summed E-state index contributed by atoms with van der Waals surface area (Å²) in [4.78, 5) is 30.5. The van der Waals surface area contributed by atoms with Crippen LogP contribution in [-0.2, 0) is 4.79 Å². The van der Waals surface area contributed by atoms with Crippen LogP contribution in [0.5, 0.6) is 5.75 Å². The molecule has 0 saturated carbocycles. The maximum Gasteiger partial charge on any atom is 0.335 e. The van der Waals surface area contributed by atoms with Gasteiger partial charge in [-0.25, -0.2) is 9.79 Å². The molecule has 1 aliphatic heterocycles. The minimum absolute atomic E-state index is 0.0715. The molecule has 0 aliphatic carbocycles. The number of amidine groups is 1. The Morgan fingerprint density at radius 2 is 1.97 bits per heavy atom. The second kappa shape index (κ2) is 8.96. The van der Waals surface area contributed by atoms with Crippen LogP contribution in [-0.4, -0.2) is 39.7 Å². The van der Waals surface area contributed by atoms with Gasteiger partial charge in [-0.05, 0) is 80.6 Å². The standard InChI is InChI=1S/C22H22N2O4S/c1-4-24-20(25)19(13-15-6-5-7-18(12-15)28-14(2)3)29-22(24)23-17-10-8-16(9-11-17)21(26)27/h5-14H,4H2,1-3H3,(H,26,27)/b19-13+,23-22?. The molecule has 29 heavy (non-hydrogen) atoms. The van der Waals surface area contributed by atoms with Crippen molar-refractivity contribution in [3.63, 3.8) is 0 Å². The average molecular weight is 410 g/mol. The third-order valence-corrected chi connectivity index (χ3v) is 5.08. The van der Waals surface area contributed by atoms with Crippen LogP contribution in [0.4, 0.5) is 5.69 Å². The zero-order chi connectivity index (χ0) is 21.0. The first-order chi connectivity index (χ1) is 13.9. The van der Waals surface area contributed by atoms with E-state index in [1.54, 1.807) is 17.0 Å². The molecule has 0 atom stereocenters. The van der Waals surface area contributed by atoms with Gasteiger partial charge < -0.3 is 9.84 Å². The molecule has 1 aliphatic rings. The van der Waals surface area contributed by atoms with E-state index in [-0.39, 0.29) is 17.6 Å². The average Bonchev–Trinajstić information content (AvgIpc) is 2.96. The second-order valence-corrected chi connectivity index (χ2v) is 7.65. The van der Waals surface area contributed by atoms with Gasteiger partial charge >= 0.3 is 5.97 Å². The van der Waals surface area contributed by atoms with E-state index in [1.165, 1.54) is 23.9 Å². The lowest BCUT2D eigenvalue weighted by Gasteiger charge is -2.12. The summed E-state index contributed by atoms with van der Waals surface area (Å²) in [6.07, 6.45) is 1.90. The number of carboxylic acids is 1. The lowest BCUT2D eigenvalue weighted by molar-refractivity contribution is -0.122. The number of aromatic carboxylic acids is 1. The molecular formula is C22H22N2O4S. The van der Waals surface area contributed by atoms with Crippen molar-refractivity contribution >= 4 is 40.6 Å². The molecule has 2 aromatic carbocycles. The predicted molar refractivity (Wildman–Crippen MR) is 116 cm³/mol. The van der Waals surface area contributed by atoms with Crippen LogP contribution in [0.25, 0.3) is 6.08 Å². The van der Waals surface area contributed by atoms with Gasteiger partial charge in [0.15, 0.2) is 5.17 Å². The number of carboxylic acid groups (broad SMARTS) is 1. The van der Waals surface area contributed by atoms with Gasteiger partial charge in [0, 0.05) is 6.54 Å². The van der Waals surface area contributed by atoms with Crippen molar-refractivity contribution in [2.75, 3.05) is 6.54 Å². The molecule has 0 spiro atoms. The summed E-state index contributed by atoms with van der Waals surface area (Å²) in [5.74, 6) is -0.336. The van der Waals surface area contributed by atoms with Gasteiger partial charge in [0.2, 0.25) is 0 Å². The summed E-state index contributed by atoms with van der Waals surface area (Å²) in [5, 5.41) is 9.58. The Bertz CT molecular complexity index is 981. The first-order valence-electron chi connectivity index (χ1n) is 9.27. The van der Waals surface area contributed by atoms with Crippen LogP contribution in [0.3, 0.4) is 0 Å². The molecule has 0 radical (unpaired) electrons. The van der Waals surface area contributed by atoms with Gasteiger partial charge in [0.05, 0.1) is 22.3 Å². The fourth-order valence-electron chi connectivity index (χ4n) is 2.76. The van der Waals surface area contributed by atoms with Crippen LogP contribution < -0.4 is 4.74 Å². The van der Waals surface area contributed by atoms with Crippen molar-refractivity contribution in [3.05, 3.63) is 64.6 Å². The van der Waals surface area contributed by atoms with E-state index in [2.05, 4.69) is 4.99 Å². The number of amides is 1. The van der Waals surface area contributed by atoms with Gasteiger partial charge in [0.1, 0.15) is 5.75 Å². The van der Waals surface area contributed by atoms with E-state index in [1.807, 2.05) is 51.1 Å². The molecule has 3 rings (SSSR count). The lowest BCUT2D eigenvalue weighted by Crippen LogP contribution is -2.28. The minimum atomic E-state index is -0.987. The minimum Gasteiger partial charge on any atom is -0.491 e. The number of ether oxygens (including phenoxy) is 1. The first-order valence-corrected chi connectivity index (χ1v) is 10.1. The Hall–Kier alpha value is -3.06. The van der Waals surface area contributed by atoms with Crippen LogP contribution in [0.1, 0.15) is 36.7 Å². The molecule has 0 bridgehead atoms. The number of rotatable bonds is 6. The third kappa shape index (κ3) is 5.06. The topological polar surface area (TPSA) is 79.2 Å². The number of benzene rings is 2. The number of nitrogens with zero attached hydrogens (tertiary/aromatic N) is 2. The maximum atomic E-state index is 12.8. The highest BCUT2D eigenvalue weighted by atomic mass is 32.2. The molecule has 0 aromatic heterocycles. The number of hydrogen-bond acceptors (Lipinski definition) is 5. The Labute approximate surface area is 173 Å². The van der Waals surface area contributed by atoms with Crippen LogP contribution in [0.15, 0.2) is 58.4 Å². The number of thioether (sulfide) groups is 1. The number of hydrogen-bond donors (Lipinski definition) is 1. The molecule has 1 fully saturated rings. The SMILES string of the molecule is CCN1C(=O)/C(=C\c2cccc(OC(C)C)c2)SC1=Nc1ccc(C(=O)O)cc1. The van der Waals surface area contributed by atoms with Gasteiger partial charge in [-0.2, -0.15) is 0 Å². The second-order valence-electron chi connectivity index (χ2n) is 6.65. The van der Waals surface area contributed by atoms with Gasteiger partial charge in [-0.15, -0.1) is 0 Å². The van der Waals surface area contributed by atoms with E-state index < -0.39 is 5.97 Å². The normalized spacial score (nSPS) is 16.8. The van der Waals surface area contributed by atoms with Crippen molar-refractivity contribution in [1.82, 2.24) is 4.90 Å². The zero-order valence-electron chi connectivity index (χ0n) is 16.5. The summed E-state index contributed by atoms with van der Waals surface area (Å²) in [7, 11) is 0. The number of aliphatic imine (C=N–C) groups is 1. The van der Waals surface area contributed by atoms with Crippen molar-refractivity contribution < 1.29 is 19.4 Å².